The number of carbonyl (C=O) groups is 1. The molecular weight excluding hydrogens is 238 g/mol. The van der Waals surface area contributed by atoms with E-state index in [1.807, 2.05) is 18.7 Å². The Morgan fingerprint density at radius 2 is 2.35 bits per heavy atom. The summed E-state index contributed by atoms with van der Waals surface area (Å²) in [5.74, 6) is 1.00. The number of ether oxygens (including phenoxy) is 2. The topological polar surface area (TPSA) is 47.6 Å². The van der Waals surface area contributed by atoms with Crippen molar-refractivity contribution in [2.45, 2.75) is 37.5 Å². The van der Waals surface area contributed by atoms with Gasteiger partial charge in [-0.15, -0.1) is 0 Å². The third-order valence-corrected chi connectivity index (χ3v) is 4.59. The van der Waals surface area contributed by atoms with E-state index in [1.165, 1.54) is 0 Å². The van der Waals surface area contributed by atoms with Crippen LogP contribution >= 0.6 is 11.8 Å². The summed E-state index contributed by atoms with van der Waals surface area (Å²) in [5.41, 5.74) is -0.530. The first kappa shape index (κ1) is 14.8. The van der Waals surface area contributed by atoms with Crippen molar-refractivity contribution in [3.63, 3.8) is 0 Å². The first-order valence-corrected chi connectivity index (χ1v) is 7.25. The van der Waals surface area contributed by atoms with Crippen LogP contribution in [-0.4, -0.2) is 49.4 Å². The number of methoxy groups -OCH3 is 1. The second-order valence-corrected chi connectivity index (χ2v) is 5.68. The van der Waals surface area contributed by atoms with Crippen LogP contribution in [-0.2, 0) is 14.3 Å². The number of thioether (sulfide) groups is 1. The zero-order valence-electron chi connectivity index (χ0n) is 11.0. The van der Waals surface area contributed by atoms with Crippen LogP contribution in [0.25, 0.3) is 0 Å². The second-order valence-electron chi connectivity index (χ2n) is 4.23. The largest absolute Gasteiger partial charge is 0.465 e. The fraction of sp³-hybridized carbons (Fsp3) is 0.917. The van der Waals surface area contributed by atoms with E-state index in [9.17, 15) is 4.79 Å². The molecule has 2 atom stereocenters. The summed E-state index contributed by atoms with van der Waals surface area (Å²) in [6.45, 7) is 5.67. The molecule has 0 bridgehead atoms. The normalized spacial score (nSPS) is 29.0. The molecule has 1 N–H and O–H groups in total. The summed E-state index contributed by atoms with van der Waals surface area (Å²) < 4.78 is 10.3. The molecule has 1 aliphatic rings. The van der Waals surface area contributed by atoms with Gasteiger partial charge in [-0.3, -0.25) is 10.1 Å². The molecule has 0 aromatic carbocycles. The minimum Gasteiger partial charge on any atom is -0.465 e. The lowest BCUT2D eigenvalue weighted by molar-refractivity contribution is -0.151. The predicted octanol–water partition coefficient (Wildman–Crippen LogP) is 1.44. The van der Waals surface area contributed by atoms with Crippen molar-refractivity contribution < 1.29 is 14.3 Å². The van der Waals surface area contributed by atoms with Crippen LogP contribution in [0.15, 0.2) is 0 Å². The second kappa shape index (κ2) is 7.24. The molecule has 100 valence electrons. The molecular formula is C12H23NO3S. The van der Waals surface area contributed by atoms with E-state index in [-0.39, 0.29) is 11.2 Å². The maximum atomic E-state index is 12.2. The average molecular weight is 261 g/mol. The van der Waals surface area contributed by atoms with Crippen molar-refractivity contribution in [1.82, 2.24) is 5.32 Å². The monoisotopic (exact) mass is 261 g/mol. The summed E-state index contributed by atoms with van der Waals surface area (Å²) in [7, 11) is 1.66. The van der Waals surface area contributed by atoms with Gasteiger partial charge in [0.15, 0.2) is 0 Å². The lowest BCUT2D eigenvalue weighted by Crippen LogP contribution is -2.61. The van der Waals surface area contributed by atoms with E-state index in [0.717, 1.165) is 18.6 Å². The fourth-order valence-electron chi connectivity index (χ4n) is 2.16. The molecule has 0 amide bonds. The van der Waals surface area contributed by atoms with E-state index >= 15 is 0 Å². The Labute approximate surface area is 108 Å². The first-order valence-electron chi connectivity index (χ1n) is 6.20. The molecule has 0 saturated carbocycles. The third-order valence-electron chi connectivity index (χ3n) is 3.16. The highest BCUT2D eigenvalue weighted by molar-refractivity contribution is 8.00. The number of nitrogens with one attached hydrogen (secondary N) is 1. The lowest BCUT2D eigenvalue weighted by Gasteiger charge is -2.40. The first-order chi connectivity index (χ1) is 8.17. The minimum absolute atomic E-state index is 0.115. The molecule has 0 radical (unpaired) electrons. The standard InChI is InChI=1S/C12H23NO3S/c1-4-16-11(14)12(13-7-8-15-3)6-5-9-17-10(12)2/h10,13H,4-9H2,1-3H3. The van der Waals surface area contributed by atoms with Crippen LogP contribution in [0.1, 0.15) is 26.7 Å². The van der Waals surface area contributed by atoms with Crippen molar-refractivity contribution in [3.05, 3.63) is 0 Å². The van der Waals surface area contributed by atoms with Gasteiger partial charge in [-0.25, -0.2) is 0 Å². The van der Waals surface area contributed by atoms with Crippen LogP contribution in [0, 0.1) is 0 Å². The van der Waals surface area contributed by atoms with Crippen molar-refractivity contribution in [3.8, 4) is 0 Å². The summed E-state index contributed by atoms with van der Waals surface area (Å²) >= 11 is 1.83. The van der Waals surface area contributed by atoms with E-state index in [4.69, 9.17) is 9.47 Å². The van der Waals surface area contributed by atoms with Crippen molar-refractivity contribution in [1.29, 1.82) is 0 Å². The van der Waals surface area contributed by atoms with Crippen molar-refractivity contribution in [2.24, 2.45) is 0 Å². The summed E-state index contributed by atoms with van der Waals surface area (Å²) in [5, 5.41) is 3.59. The van der Waals surface area contributed by atoms with Gasteiger partial charge in [-0.2, -0.15) is 11.8 Å². The maximum Gasteiger partial charge on any atom is 0.327 e. The highest BCUT2D eigenvalue weighted by Gasteiger charge is 2.46. The van der Waals surface area contributed by atoms with E-state index in [1.54, 1.807) is 7.11 Å². The Kier molecular flexibility index (Phi) is 6.30. The van der Waals surface area contributed by atoms with E-state index < -0.39 is 5.54 Å². The molecule has 1 aliphatic heterocycles. The Balaban J connectivity index is 2.71. The highest BCUT2D eigenvalue weighted by Crippen LogP contribution is 2.35. The fourth-order valence-corrected chi connectivity index (χ4v) is 3.41. The summed E-state index contributed by atoms with van der Waals surface area (Å²) in [4.78, 5) is 12.2. The third kappa shape index (κ3) is 3.60. The van der Waals surface area contributed by atoms with Crippen LogP contribution in [0.3, 0.4) is 0 Å². The number of esters is 1. The molecule has 17 heavy (non-hydrogen) atoms. The molecule has 5 heteroatoms. The molecule has 2 unspecified atom stereocenters. The van der Waals surface area contributed by atoms with Gasteiger partial charge in [-0.1, -0.05) is 6.92 Å². The van der Waals surface area contributed by atoms with Gasteiger partial charge >= 0.3 is 5.97 Å². The predicted molar refractivity (Wildman–Crippen MR) is 70.4 cm³/mol. The Morgan fingerprint density at radius 1 is 1.59 bits per heavy atom. The summed E-state index contributed by atoms with van der Waals surface area (Å²) in [6.07, 6.45) is 1.90. The molecule has 1 fully saturated rings. The van der Waals surface area contributed by atoms with Gasteiger partial charge < -0.3 is 9.47 Å². The Hall–Kier alpha value is -0.260. The van der Waals surface area contributed by atoms with Crippen LogP contribution < -0.4 is 5.32 Å². The molecule has 1 saturated heterocycles. The molecule has 1 heterocycles. The van der Waals surface area contributed by atoms with Crippen molar-refractivity contribution in [2.75, 3.05) is 32.6 Å². The number of hydrogen-bond donors (Lipinski definition) is 1. The minimum atomic E-state index is -0.530. The molecule has 4 nitrogen and oxygen atoms in total. The van der Waals surface area contributed by atoms with Crippen LogP contribution in [0.4, 0.5) is 0 Å². The highest BCUT2D eigenvalue weighted by atomic mass is 32.2. The van der Waals surface area contributed by atoms with Gasteiger partial charge in [-0.05, 0) is 25.5 Å². The summed E-state index contributed by atoms with van der Waals surface area (Å²) in [6, 6.07) is 0. The lowest BCUT2D eigenvalue weighted by atomic mass is 9.89. The van der Waals surface area contributed by atoms with Gasteiger partial charge in [0.1, 0.15) is 5.54 Å². The molecule has 0 aliphatic carbocycles. The Bertz CT molecular complexity index is 250. The van der Waals surface area contributed by atoms with E-state index in [0.29, 0.717) is 19.8 Å². The smallest absolute Gasteiger partial charge is 0.327 e. The van der Waals surface area contributed by atoms with Gasteiger partial charge in [0.2, 0.25) is 0 Å². The average Bonchev–Trinajstić information content (AvgIpc) is 2.32. The number of hydrogen-bond acceptors (Lipinski definition) is 5. The van der Waals surface area contributed by atoms with Gasteiger partial charge in [0, 0.05) is 18.9 Å². The van der Waals surface area contributed by atoms with Gasteiger partial charge in [0.05, 0.1) is 13.2 Å². The quantitative estimate of drug-likeness (QED) is 0.579. The molecule has 0 aromatic rings. The maximum absolute atomic E-state index is 12.2. The van der Waals surface area contributed by atoms with Crippen LogP contribution in [0.2, 0.25) is 0 Å². The SMILES string of the molecule is CCOC(=O)C1(NCCOC)CCCSC1C. The zero-order valence-corrected chi connectivity index (χ0v) is 11.8. The number of carbonyl (C=O) groups excluding carboxylic acids is 1. The number of rotatable bonds is 6. The molecule has 0 aromatic heterocycles. The van der Waals surface area contributed by atoms with Gasteiger partial charge in [0.25, 0.3) is 0 Å². The molecule has 0 spiro atoms. The van der Waals surface area contributed by atoms with Crippen molar-refractivity contribution >= 4 is 17.7 Å². The zero-order chi connectivity index (χ0) is 12.7. The molecule has 1 rings (SSSR count). The van der Waals surface area contributed by atoms with Crippen LogP contribution in [0.5, 0.6) is 0 Å². The Morgan fingerprint density at radius 3 is 2.94 bits per heavy atom. The van der Waals surface area contributed by atoms with E-state index in [2.05, 4.69) is 12.2 Å².